The summed E-state index contributed by atoms with van der Waals surface area (Å²) in [5.74, 6) is -0.0351. The van der Waals surface area contributed by atoms with Crippen molar-refractivity contribution in [2.24, 2.45) is 0 Å². The Morgan fingerprint density at radius 3 is 1.32 bits per heavy atom. The Bertz CT molecular complexity index is 511. The lowest BCUT2D eigenvalue weighted by molar-refractivity contribution is -0.135. The van der Waals surface area contributed by atoms with Crippen LogP contribution in [0.3, 0.4) is 0 Å². The van der Waals surface area contributed by atoms with Crippen LogP contribution in [0.1, 0.15) is 20.8 Å². The highest BCUT2D eigenvalue weighted by Crippen LogP contribution is 2.11. The van der Waals surface area contributed by atoms with Crippen LogP contribution in [-0.2, 0) is 14.3 Å². The van der Waals surface area contributed by atoms with E-state index in [0.717, 1.165) is 0 Å². The number of hydrogen-bond donors (Lipinski definition) is 0. The number of carbonyl (C=O) groups excluding carboxylic acids is 3. The SMILES string of the molecule is CN(C)CC(=O)N1CCN(C(=O)CN(C)C)CCN(C(=O)OC(C)(C)C)CC1. The fourth-order valence-electron chi connectivity index (χ4n) is 2.81. The summed E-state index contributed by atoms with van der Waals surface area (Å²) in [7, 11) is 7.37. The lowest BCUT2D eigenvalue weighted by atomic mass is 10.2. The lowest BCUT2D eigenvalue weighted by Gasteiger charge is -2.29. The van der Waals surface area contributed by atoms with Crippen LogP contribution in [-0.4, -0.2) is 129 Å². The summed E-state index contributed by atoms with van der Waals surface area (Å²) >= 11 is 0. The molecule has 0 atom stereocenters. The number of nitrogens with zero attached hydrogens (tertiary/aromatic N) is 5. The van der Waals surface area contributed by atoms with Crippen molar-refractivity contribution in [2.45, 2.75) is 26.4 Å². The second kappa shape index (κ2) is 10.6. The van der Waals surface area contributed by atoms with Crippen LogP contribution in [0.5, 0.6) is 0 Å². The van der Waals surface area contributed by atoms with E-state index in [1.807, 2.05) is 58.8 Å². The highest BCUT2D eigenvalue weighted by atomic mass is 16.6. The van der Waals surface area contributed by atoms with E-state index in [9.17, 15) is 14.4 Å². The molecule has 28 heavy (non-hydrogen) atoms. The molecule has 1 rings (SSSR count). The van der Waals surface area contributed by atoms with Gasteiger partial charge in [-0.05, 0) is 49.0 Å². The maximum atomic E-state index is 12.6. The first-order valence-electron chi connectivity index (χ1n) is 9.72. The molecule has 0 aromatic rings. The molecule has 0 unspecified atom stereocenters. The fraction of sp³-hybridized carbons (Fsp3) is 0.842. The van der Waals surface area contributed by atoms with Gasteiger partial charge in [0.15, 0.2) is 0 Å². The van der Waals surface area contributed by atoms with Crippen molar-refractivity contribution < 1.29 is 19.1 Å². The van der Waals surface area contributed by atoms with Crippen LogP contribution in [0.2, 0.25) is 0 Å². The summed E-state index contributed by atoms with van der Waals surface area (Å²) in [6.07, 6.45) is -0.422. The van der Waals surface area contributed by atoms with E-state index >= 15 is 0 Å². The highest BCUT2D eigenvalue weighted by molar-refractivity contribution is 5.79. The van der Waals surface area contributed by atoms with Crippen LogP contribution in [0, 0.1) is 0 Å². The van der Waals surface area contributed by atoms with Gasteiger partial charge in [0, 0.05) is 39.3 Å². The Labute approximate surface area is 169 Å². The van der Waals surface area contributed by atoms with Crippen molar-refractivity contribution in [1.82, 2.24) is 24.5 Å². The maximum absolute atomic E-state index is 12.6. The van der Waals surface area contributed by atoms with Gasteiger partial charge in [-0.25, -0.2) is 4.79 Å². The van der Waals surface area contributed by atoms with Crippen molar-refractivity contribution in [1.29, 1.82) is 0 Å². The maximum Gasteiger partial charge on any atom is 0.410 e. The Morgan fingerprint density at radius 2 is 1.04 bits per heavy atom. The average Bonchev–Trinajstić information content (AvgIpc) is 2.61. The molecule has 1 aliphatic heterocycles. The zero-order valence-corrected chi connectivity index (χ0v) is 18.5. The van der Waals surface area contributed by atoms with E-state index in [0.29, 0.717) is 39.3 Å². The predicted octanol–water partition coefficient (Wildman–Crippen LogP) is 0.0175. The van der Waals surface area contributed by atoms with E-state index in [-0.39, 0.29) is 24.9 Å². The molecule has 1 aliphatic rings. The first kappa shape index (κ1) is 24.2. The largest absolute Gasteiger partial charge is 0.444 e. The summed E-state index contributed by atoms with van der Waals surface area (Å²) in [5.41, 5.74) is -0.601. The van der Waals surface area contributed by atoms with Crippen LogP contribution >= 0.6 is 0 Å². The van der Waals surface area contributed by atoms with Gasteiger partial charge in [-0.2, -0.15) is 0 Å². The number of hydrogen-bond acceptors (Lipinski definition) is 6. The first-order valence-corrected chi connectivity index (χ1v) is 9.72. The van der Waals surface area contributed by atoms with Crippen molar-refractivity contribution >= 4 is 17.9 Å². The molecule has 9 heteroatoms. The van der Waals surface area contributed by atoms with Crippen molar-refractivity contribution in [3.8, 4) is 0 Å². The zero-order valence-electron chi connectivity index (χ0n) is 18.5. The molecule has 0 saturated carbocycles. The molecule has 1 heterocycles. The molecule has 162 valence electrons. The van der Waals surface area contributed by atoms with Gasteiger partial charge in [0.25, 0.3) is 0 Å². The molecule has 0 aliphatic carbocycles. The number of likely N-dealkylation sites (N-methyl/N-ethyl adjacent to an activating group) is 2. The van der Waals surface area contributed by atoms with Gasteiger partial charge in [0.05, 0.1) is 13.1 Å². The van der Waals surface area contributed by atoms with E-state index in [1.165, 1.54) is 0 Å². The van der Waals surface area contributed by atoms with Gasteiger partial charge in [0.1, 0.15) is 5.60 Å². The Balaban J connectivity index is 2.95. The summed E-state index contributed by atoms with van der Waals surface area (Å²) in [4.78, 5) is 46.4. The molecule has 0 spiro atoms. The van der Waals surface area contributed by atoms with Gasteiger partial charge >= 0.3 is 6.09 Å². The van der Waals surface area contributed by atoms with Crippen LogP contribution in [0.25, 0.3) is 0 Å². The van der Waals surface area contributed by atoms with E-state index in [4.69, 9.17) is 4.74 Å². The molecule has 0 bridgehead atoms. The lowest BCUT2D eigenvalue weighted by Crippen LogP contribution is -2.45. The minimum absolute atomic E-state index is 0.0175. The molecule has 0 N–H and O–H groups in total. The van der Waals surface area contributed by atoms with Crippen LogP contribution < -0.4 is 0 Å². The second-order valence-corrected chi connectivity index (χ2v) is 8.70. The Kier molecular flexibility index (Phi) is 9.16. The van der Waals surface area contributed by atoms with Crippen molar-refractivity contribution in [3.63, 3.8) is 0 Å². The molecule has 9 nitrogen and oxygen atoms in total. The number of rotatable bonds is 4. The molecule has 1 fully saturated rings. The van der Waals surface area contributed by atoms with Crippen LogP contribution in [0.15, 0.2) is 0 Å². The third-order valence-corrected chi connectivity index (χ3v) is 4.18. The third kappa shape index (κ3) is 8.88. The Morgan fingerprint density at radius 1 is 0.714 bits per heavy atom. The van der Waals surface area contributed by atoms with Gasteiger partial charge in [-0.3, -0.25) is 9.59 Å². The molecule has 3 amide bonds. The van der Waals surface area contributed by atoms with Gasteiger partial charge in [0.2, 0.25) is 11.8 Å². The number of carbonyl (C=O) groups is 3. The summed E-state index contributed by atoms with van der Waals surface area (Å²) in [6, 6.07) is 0. The van der Waals surface area contributed by atoms with E-state index < -0.39 is 11.7 Å². The Hall–Kier alpha value is -1.87. The molecular formula is C19H37N5O4. The average molecular weight is 400 g/mol. The molecule has 0 aromatic heterocycles. The van der Waals surface area contributed by atoms with Crippen molar-refractivity contribution in [2.75, 3.05) is 80.5 Å². The zero-order chi connectivity index (χ0) is 21.5. The molecule has 1 saturated heterocycles. The minimum Gasteiger partial charge on any atom is -0.444 e. The minimum atomic E-state index is -0.601. The van der Waals surface area contributed by atoms with Gasteiger partial charge < -0.3 is 29.2 Å². The normalized spacial score (nSPS) is 16.7. The molecule has 0 radical (unpaired) electrons. The predicted molar refractivity (Wildman–Crippen MR) is 108 cm³/mol. The van der Waals surface area contributed by atoms with E-state index in [2.05, 4.69) is 0 Å². The topological polar surface area (TPSA) is 76.6 Å². The quantitative estimate of drug-likeness (QED) is 0.663. The third-order valence-electron chi connectivity index (χ3n) is 4.18. The van der Waals surface area contributed by atoms with Crippen LogP contribution in [0.4, 0.5) is 4.79 Å². The first-order chi connectivity index (χ1) is 12.9. The monoisotopic (exact) mass is 399 g/mol. The smallest absolute Gasteiger partial charge is 0.410 e. The number of amides is 3. The number of ether oxygens (including phenoxy) is 1. The van der Waals surface area contributed by atoms with Gasteiger partial charge in [-0.1, -0.05) is 0 Å². The van der Waals surface area contributed by atoms with E-state index in [1.54, 1.807) is 14.7 Å². The second-order valence-electron chi connectivity index (χ2n) is 8.70. The van der Waals surface area contributed by atoms with Gasteiger partial charge in [-0.15, -0.1) is 0 Å². The summed E-state index contributed by atoms with van der Waals surface area (Å²) in [5, 5.41) is 0. The summed E-state index contributed by atoms with van der Waals surface area (Å²) in [6.45, 7) is 8.54. The van der Waals surface area contributed by atoms with Crippen molar-refractivity contribution in [3.05, 3.63) is 0 Å². The molecular weight excluding hydrogens is 362 g/mol. The standard InChI is InChI=1S/C19H37N5O4/c1-19(2,3)28-18(27)24-12-10-22(16(25)14-20(4)5)8-9-23(11-13-24)17(26)15-21(6)7/h8-15H2,1-7H3. The fourth-order valence-corrected chi connectivity index (χ4v) is 2.81. The molecule has 0 aromatic carbocycles. The summed E-state index contributed by atoms with van der Waals surface area (Å²) < 4.78 is 5.50. The highest BCUT2D eigenvalue weighted by Gasteiger charge is 2.27.